The van der Waals surface area contributed by atoms with Crippen LogP contribution in [0, 0.1) is 0 Å². The average molecular weight is 315 g/mol. The van der Waals surface area contributed by atoms with Crippen LogP contribution in [0.5, 0.6) is 11.5 Å². The molecule has 0 saturated carbocycles. The Morgan fingerprint density at radius 2 is 1.90 bits per heavy atom. The Kier molecular flexibility index (Phi) is 7.32. The van der Waals surface area contributed by atoms with Crippen molar-refractivity contribution in [2.24, 2.45) is 0 Å². The predicted octanol–water partition coefficient (Wildman–Crippen LogP) is 3.07. The van der Waals surface area contributed by atoms with Gasteiger partial charge in [-0.3, -0.25) is 4.79 Å². The van der Waals surface area contributed by atoms with Gasteiger partial charge in [-0.25, -0.2) is 0 Å². The van der Waals surface area contributed by atoms with Crippen LogP contribution in [-0.2, 0) is 4.79 Å². The van der Waals surface area contributed by atoms with Crippen molar-refractivity contribution in [2.45, 2.75) is 32.7 Å². The first-order valence-electron chi connectivity index (χ1n) is 6.92. The molecule has 1 aromatic rings. The monoisotopic (exact) mass is 314 g/mol. The fourth-order valence-corrected chi connectivity index (χ4v) is 2.04. The van der Waals surface area contributed by atoms with E-state index in [1.165, 1.54) is 14.2 Å². The van der Waals surface area contributed by atoms with Crippen LogP contribution in [-0.4, -0.2) is 32.7 Å². The highest BCUT2D eigenvalue weighted by Gasteiger charge is 2.12. The van der Waals surface area contributed by atoms with Crippen LogP contribution in [0.2, 0.25) is 5.02 Å². The molecule has 0 spiro atoms. The summed E-state index contributed by atoms with van der Waals surface area (Å²) >= 11 is 6.02. The lowest BCUT2D eigenvalue weighted by Crippen LogP contribution is -2.24. The molecular weight excluding hydrogens is 292 g/mol. The Morgan fingerprint density at radius 1 is 1.24 bits per heavy atom. The summed E-state index contributed by atoms with van der Waals surface area (Å²) in [6.45, 7) is 4.96. The second-order valence-corrected chi connectivity index (χ2v) is 5.35. The van der Waals surface area contributed by atoms with E-state index < -0.39 is 0 Å². The van der Waals surface area contributed by atoms with E-state index in [1.807, 2.05) is 0 Å². The number of halogens is 1. The molecule has 0 radical (unpaired) electrons. The third kappa shape index (κ3) is 5.81. The molecule has 0 heterocycles. The van der Waals surface area contributed by atoms with Crippen LogP contribution >= 0.6 is 11.6 Å². The van der Waals surface area contributed by atoms with Crippen LogP contribution in [0.25, 0.3) is 0 Å². The normalized spacial score (nSPS) is 10.6. The molecule has 0 aliphatic rings. The summed E-state index contributed by atoms with van der Waals surface area (Å²) in [5, 5.41) is 6.53. The van der Waals surface area contributed by atoms with Crippen molar-refractivity contribution >= 4 is 23.2 Å². The smallest absolute Gasteiger partial charge is 0.224 e. The highest BCUT2D eigenvalue weighted by molar-refractivity contribution is 6.32. The molecule has 0 aliphatic carbocycles. The lowest BCUT2D eigenvalue weighted by molar-refractivity contribution is -0.116. The number of rotatable bonds is 8. The fraction of sp³-hybridized carbons (Fsp3) is 0.533. The molecule has 5 nitrogen and oxygen atoms in total. The maximum Gasteiger partial charge on any atom is 0.224 e. The average Bonchev–Trinajstić information content (AvgIpc) is 2.44. The number of methoxy groups -OCH3 is 2. The maximum atomic E-state index is 11.9. The summed E-state index contributed by atoms with van der Waals surface area (Å²) < 4.78 is 10.4. The molecule has 21 heavy (non-hydrogen) atoms. The van der Waals surface area contributed by atoms with Crippen molar-refractivity contribution in [3.63, 3.8) is 0 Å². The molecule has 1 aromatic carbocycles. The predicted molar refractivity (Wildman–Crippen MR) is 85.6 cm³/mol. The van der Waals surface area contributed by atoms with Crippen molar-refractivity contribution in [3.05, 3.63) is 17.2 Å². The zero-order valence-electron chi connectivity index (χ0n) is 13.0. The number of carbonyl (C=O) groups is 1. The lowest BCUT2D eigenvalue weighted by atomic mass is 10.2. The van der Waals surface area contributed by atoms with Gasteiger partial charge in [0.25, 0.3) is 0 Å². The van der Waals surface area contributed by atoms with Crippen molar-refractivity contribution in [3.8, 4) is 11.5 Å². The van der Waals surface area contributed by atoms with Crippen molar-refractivity contribution in [1.82, 2.24) is 5.32 Å². The number of hydrogen-bond donors (Lipinski definition) is 2. The van der Waals surface area contributed by atoms with E-state index in [4.69, 9.17) is 21.1 Å². The number of carbonyl (C=O) groups excluding carboxylic acids is 1. The van der Waals surface area contributed by atoms with E-state index in [-0.39, 0.29) is 5.91 Å². The summed E-state index contributed by atoms with van der Waals surface area (Å²) in [5.41, 5.74) is 0.556. The van der Waals surface area contributed by atoms with E-state index in [0.717, 1.165) is 13.0 Å². The molecule has 0 atom stereocenters. The topological polar surface area (TPSA) is 59.6 Å². The van der Waals surface area contributed by atoms with Gasteiger partial charge in [0.1, 0.15) is 11.5 Å². The molecule has 2 N–H and O–H groups in total. The maximum absolute atomic E-state index is 11.9. The minimum absolute atomic E-state index is 0.0665. The van der Waals surface area contributed by atoms with Gasteiger partial charge in [-0.15, -0.1) is 0 Å². The van der Waals surface area contributed by atoms with Gasteiger partial charge >= 0.3 is 0 Å². The first kappa shape index (κ1) is 17.6. The van der Waals surface area contributed by atoms with E-state index >= 15 is 0 Å². The van der Waals surface area contributed by atoms with Gasteiger partial charge in [-0.1, -0.05) is 25.4 Å². The van der Waals surface area contributed by atoms with Gasteiger partial charge in [0, 0.05) is 24.6 Å². The van der Waals surface area contributed by atoms with Gasteiger partial charge in [-0.05, 0) is 13.0 Å². The second-order valence-electron chi connectivity index (χ2n) is 4.95. The molecule has 0 bridgehead atoms. The summed E-state index contributed by atoms with van der Waals surface area (Å²) in [4.78, 5) is 11.9. The van der Waals surface area contributed by atoms with Crippen LogP contribution in [0.15, 0.2) is 12.1 Å². The van der Waals surface area contributed by atoms with E-state index in [1.54, 1.807) is 12.1 Å². The van der Waals surface area contributed by atoms with Crippen LogP contribution in [0.4, 0.5) is 5.69 Å². The number of hydrogen-bond acceptors (Lipinski definition) is 4. The minimum Gasteiger partial charge on any atom is -0.495 e. The molecule has 0 fully saturated rings. The zero-order chi connectivity index (χ0) is 15.8. The van der Waals surface area contributed by atoms with E-state index in [0.29, 0.717) is 34.7 Å². The first-order valence-corrected chi connectivity index (χ1v) is 7.30. The Bertz CT molecular complexity index is 478. The van der Waals surface area contributed by atoms with Gasteiger partial charge in [0.15, 0.2) is 0 Å². The van der Waals surface area contributed by atoms with E-state index in [9.17, 15) is 4.79 Å². The molecule has 0 unspecified atom stereocenters. The van der Waals surface area contributed by atoms with Gasteiger partial charge in [-0.2, -0.15) is 0 Å². The number of nitrogens with one attached hydrogen (secondary N) is 2. The number of anilines is 1. The number of benzene rings is 1. The number of ether oxygens (including phenoxy) is 2. The zero-order valence-corrected chi connectivity index (χ0v) is 13.7. The summed E-state index contributed by atoms with van der Waals surface area (Å²) in [5.74, 6) is 0.937. The SMILES string of the molecule is COc1cc(NC(=O)CCCNC(C)C)c(OC)cc1Cl. The van der Waals surface area contributed by atoms with Crippen molar-refractivity contribution in [2.75, 3.05) is 26.1 Å². The summed E-state index contributed by atoms with van der Waals surface area (Å²) in [6, 6.07) is 3.70. The quantitative estimate of drug-likeness (QED) is 0.724. The Hall–Kier alpha value is -1.46. The van der Waals surface area contributed by atoms with Crippen molar-refractivity contribution < 1.29 is 14.3 Å². The second kappa shape index (κ2) is 8.74. The molecule has 1 amide bonds. The Morgan fingerprint density at radius 3 is 2.48 bits per heavy atom. The van der Waals surface area contributed by atoms with Crippen LogP contribution in [0.3, 0.4) is 0 Å². The third-order valence-electron chi connectivity index (χ3n) is 2.88. The fourth-order valence-electron chi connectivity index (χ4n) is 1.81. The van der Waals surface area contributed by atoms with Crippen LogP contribution < -0.4 is 20.1 Å². The van der Waals surface area contributed by atoms with Gasteiger partial charge < -0.3 is 20.1 Å². The highest BCUT2D eigenvalue weighted by Crippen LogP contribution is 2.35. The highest BCUT2D eigenvalue weighted by atomic mass is 35.5. The summed E-state index contributed by atoms with van der Waals surface area (Å²) in [7, 11) is 3.05. The minimum atomic E-state index is -0.0665. The van der Waals surface area contributed by atoms with Crippen molar-refractivity contribution in [1.29, 1.82) is 0 Å². The third-order valence-corrected chi connectivity index (χ3v) is 3.18. The Labute approximate surface area is 131 Å². The largest absolute Gasteiger partial charge is 0.495 e. The molecule has 0 saturated heterocycles. The van der Waals surface area contributed by atoms with Gasteiger partial charge in [0.05, 0.1) is 24.9 Å². The molecule has 0 aliphatic heterocycles. The van der Waals surface area contributed by atoms with Gasteiger partial charge in [0.2, 0.25) is 5.91 Å². The first-order chi connectivity index (χ1) is 9.97. The number of amides is 1. The molecular formula is C15H23ClN2O3. The molecule has 0 aromatic heterocycles. The standard InChI is InChI=1S/C15H23ClN2O3/c1-10(2)17-7-5-6-15(19)18-12-9-13(20-3)11(16)8-14(12)21-4/h8-10,17H,5-7H2,1-4H3,(H,18,19). The van der Waals surface area contributed by atoms with E-state index in [2.05, 4.69) is 24.5 Å². The van der Waals surface area contributed by atoms with Crippen LogP contribution in [0.1, 0.15) is 26.7 Å². The lowest BCUT2D eigenvalue weighted by Gasteiger charge is -2.13. The molecule has 118 valence electrons. The molecule has 1 rings (SSSR count). The summed E-state index contributed by atoms with van der Waals surface area (Å²) in [6.07, 6.45) is 1.21. The Balaban J connectivity index is 2.62. The molecule has 6 heteroatoms.